The molecule has 13 rings (SSSR count). The highest BCUT2D eigenvalue weighted by atomic mass is 32.2. The number of H-pyrrole nitrogens is 1. The molecule has 582 valence electrons. The number of carbonyl (C=O) groups is 1. The van der Waals surface area contributed by atoms with Crippen LogP contribution in [0.15, 0.2) is 169 Å². The van der Waals surface area contributed by atoms with Gasteiger partial charge >= 0.3 is 0 Å². The Kier molecular flexibility index (Phi) is 27.1. The normalized spacial score (nSPS) is 12.7. The molecular weight excluding hydrogens is 1420 g/mol. The van der Waals surface area contributed by atoms with Crippen LogP contribution in [-0.2, 0) is 64.0 Å². The predicted octanol–water partition coefficient (Wildman–Crippen LogP) is 17.8. The van der Waals surface area contributed by atoms with E-state index in [0.717, 1.165) is 107 Å². The number of imidazole rings is 1. The number of nitrogens with two attached hydrogens (primary N) is 1. The molecule has 0 bridgehead atoms. The molecule has 10 aromatic heterocycles. The average molecular weight is 1530 g/mol. The Morgan fingerprint density at radius 3 is 1.51 bits per heavy atom. The Balaban J connectivity index is 0.000000180. The van der Waals surface area contributed by atoms with Gasteiger partial charge in [-0.05, 0) is 115 Å². The van der Waals surface area contributed by atoms with Gasteiger partial charge in [-0.2, -0.15) is 10.2 Å². The zero-order chi connectivity index (χ0) is 82.1. The van der Waals surface area contributed by atoms with Crippen LogP contribution in [0.1, 0.15) is 219 Å². The second-order valence-electron chi connectivity index (χ2n) is 34.7. The highest BCUT2D eigenvalue weighted by Crippen LogP contribution is 2.35. The third kappa shape index (κ3) is 23.1. The first-order valence-electron chi connectivity index (χ1n) is 36.5. The van der Waals surface area contributed by atoms with E-state index in [1.807, 2.05) is 95.1 Å². The third-order valence-electron chi connectivity index (χ3n) is 17.5. The highest BCUT2D eigenvalue weighted by Gasteiger charge is 2.28. The van der Waals surface area contributed by atoms with Crippen molar-refractivity contribution in [2.45, 2.75) is 227 Å². The summed E-state index contributed by atoms with van der Waals surface area (Å²) in [6, 6.07) is 23.5. The number of aromatic nitrogens is 16. The molecule has 1 aliphatic heterocycles. The first kappa shape index (κ1) is 86.9. The zero-order valence-corrected chi connectivity index (χ0v) is 70.9. The van der Waals surface area contributed by atoms with Crippen molar-refractivity contribution < 1.29 is 21.6 Å². The van der Waals surface area contributed by atoms with Gasteiger partial charge in [-0.25, -0.2) is 51.4 Å². The number of nitrogens with one attached hydrogen (secondary N) is 1. The molecule has 0 unspecified atom stereocenters. The van der Waals surface area contributed by atoms with Crippen LogP contribution in [0.2, 0.25) is 0 Å². The van der Waals surface area contributed by atoms with Crippen LogP contribution in [-0.4, -0.2) is 115 Å². The molecule has 0 saturated heterocycles. The molecule has 0 atom stereocenters. The number of fused-ring (bicyclic) bond motifs is 4. The summed E-state index contributed by atoms with van der Waals surface area (Å²) in [6.07, 6.45) is 24.3. The van der Waals surface area contributed by atoms with E-state index in [1.165, 1.54) is 40.2 Å². The second-order valence-corrected chi connectivity index (χ2v) is 38.8. The minimum atomic E-state index is -3.23. The number of aromatic amines is 1. The van der Waals surface area contributed by atoms with Crippen molar-refractivity contribution in [2.75, 3.05) is 18.2 Å². The Bertz CT molecular complexity index is 5480. The van der Waals surface area contributed by atoms with E-state index in [2.05, 4.69) is 216 Å². The molecule has 3 N–H and O–H groups in total. The van der Waals surface area contributed by atoms with Crippen molar-refractivity contribution in [3.63, 3.8) is 0 Å². The number of benzene rings is 2. The summed E-state index contributed by atoms with van der Waals surface area (Å²) in [5, 5.41) is 13.9. The van der Waals surface area contributed by atoms with Gasteiger partial charge in [-0.3, -0.25) is 29.7 Å². The third-order valence-corrected chi connectivity index (χ3v) is 19.8. The van der Waals surface area contributed by atoms with E-state index in [-0.39, 0.29) is 43.8 Å². The fraction of sp³-hybridized carbons (Fsp3) is 0.407. The van der Waals surface area contributed by atoms with Gasteiger partial charge in [0.15, 0.2) is 25.3 Å². The number of nitrogen functional groups attached to an aromatic ring is 1. The first-order valence-corrected chi connectivity index (χ1v) is 40.3. The first-order chi connectivity index (χ1) is 50.8. The number of hydrogen-bond donors (Lipinski definition) is 2. The molecule has 11 heterocycles. The molecule has 0 radical (unpaired) electrons. The van der Waals surface area contributed by atoms with E-state index in [4.69, 9.17) is 10.7 Å². The number of nitrogens with zero attached hydrogens (tertiary/aromatic N) is 15. The lowest BCUT2D eigenvalue weighted by Crippen LogP contribution is -2.21. The number of allylic oxidation sites excluding steroid dienone is 2. The van der Waals surface area contributed by atoms with E-state index >= 15 is 0 Å². The van der Waals surface area contributed by atoms with Crippen LogP contribution >= 0.6 is 0 Å². The molecule has 0 saturated carbocycles. The number of pyridine rings is 5. The van der Waals surface area contributed by atoms with Gasteiger partial charge in [0.1, 0.15) is 12.1 Å². The molecule has 0 aliphatic carbocycles. The van der Waals surface area contributed by atoms with E-state index in [9.17, 15) is 21.6 Å². The van der Waals surface area contributed by atoms with Crippen LogP contribution in [0.25, 0.3) is 55.5 Å². The second kappa shape index (κ2) is 34.3. The molecule has 0 amide bonds. The van der Waals surface area contributed by atoms with Crippen LogP contribution in [0, 0.1) is 20.8 Å². The topological polar surface area (TPSA) is 313 Å². The lowest BCUT2D eigenvalue weighted by Gasteiger charge is -2.21. The fourth-order valence-electron chi connectivity index (χ4n) is 12.2. The summed E-state index contributed by atoms with van der Waals surface area (Å²) < 4.78 is 47.8. The summed E-state index contributed by atoms with van der Waals surface area (Å²) >= 11 is 0. The molecule has 0 spiro atoms. The smallest absolute Gasteiger partial charge is 0.271 e. The van der Waals surface area contributed by atoms with Crippen molar-refractivity contribution in [2.24, 2.45) is 0 Å². The molecule has 2 aromatic carbocycles. The van der Waals surface area contributed by atoms with Crippen LogP contribution in [0.4, 0.5) is 5.82 Å². The zero-order valence-electron chi connectivity index (χ0n) is 69.3. The summed E-state index contributed by atoms with van der Waals surface area (Å²) in [5.74, 6) is 0.554. The SMILES string of the molecule is CC(C)(C)c1c(N)ncc2cccnc12.CC(C)(C)c1ccnc2nc[nH]c12.CC(C)(C)c1cncc2cccnc12.CC1=CC(=O)n2ncc(C(C)(C)C)c2C1.Cc1ncc(-c2ccc(S(C)(=O)=O)cc2)nc1C(C)(C)C.Cc1ncc(-c2cccc(S(C)(=O)=O)c2)nc1C(C)(C)C.Cc1nncnc1C(C)(C)C. The maximum atomic E-state index is 11.7. The lowest BCUT2D eigenvalue weighted by molar-refractivity contribution is 0.0945. The molecular formula is C86H111N17O5S2. The minimum Gasteiger partial charge on any atom is -0.383 e. The molecule has 0 fully saturated rings. The molecule has 22 nitrogen and oxygen atoms in total. The molecule has 110 heavy (non-hydrogen) atoms. The Morgan fingerprint density at radius 2 is 1.00 bits per heavy atom. The largest absolute Gasteiger partial charge is 0.383 e. The number of carbonyl (C=O) groups excluding carboxylic acids is 1. The van der Waals surface area contributed by atoms with Gasteiger partial charge in [-0.1, -0.05) is 175 Å². The summed E-state index contributed by atoms with van der Waals surface area (Å²) in [4.78, 5) is 63.3. The minimum absolute atomic E-state index is 0.0238. The van der Waals surface area contributed by atoms with Gasteiger partial charge in [0, 0.05) is 111 Å². The van der Waals surface area contributed by atoms with E-state index in [1.54, 1.807) is 79.7 Å². The average Bonchev–Trinajstić information content (AvgIpc) is 1.05. The maximum Gasteiger partial charge on any atom is 0.271 e. The Hall–Kier alpha value is -10.3. The number of anilines is 1. The molecule has 12 aromatic rings. The molecule has 1 aliphatic rings. The Morgan fingerprint density at radius 1 is 0.464 bits per heavy atom. The fourth-order valence-corrected chi connectivity index (χ4v) is 13.5. The standard InChI is InChI=1S/2C16H20N2O2S.C12H15N3.C12H16N2O.C12H14N2.C10H13N3.C8H13N3/c1-11-15(16(2,3)4)18-14(10-17-11)12-6-8-13(9-7-12)21(5,19)20;1-11-15(16(2,3)4)18-14(10-17-11)12-7-6-8-13(9-12)21(5,19)20;1-12(2,3)9-10-8(5-4-6-14-10)7-15-11(9)13;1-8-5-10-9(12(2,3)4)7-13-14(10)11(15)6-8;1-12(2,3)10-8-13-7-9-5-4-6-14-11(9)10;1-10(2,3)7-4-5-11-9-8(7)12-6-13-9;1-6-7(8(2,3)4)9-5-10-11-6/h2*6-10H,1-5H3;4-7H,1-3H3,(H2,13,15);6-7H,5H2,1-4H3;4-8H,1-3H3;4-6H,1-3H3,(H,11,12,13);5H,1-4H3. The van der Waals surface area contributed by atoms with Crippen molar-refractivity contribution in [1.29, 1.82) is 0 Å². The number of sulfone groups is 2. The van der Waals surface area contributed by atoms with Crippen LogP contribution in [0.5, 0.6) is 0 Å². The summed E-state index contributed by atoms with van der Waals surface area (Å²) in [7, 11) is -6.40. The lowest BCUT2D eigenvalue weighted by atomic mass is 9.85. The van der Waals surface area contributed by atoms with Crippen LogP contribution < -0.4 is 5.73 Å². The van der Waals surface area contributed by atoms with E-state index in [0.29, 0.717) is 21.3 Å². The summed E-state index contributed by atoms with van der Waals surface area (Å²) in [6.45, 7) is 52.6. The monoisotopic (exact) mass is 1530 g/mol. The summed E-state index contributed by atoms with van der Waals surface area (Å²) in [5.41, 5.74) is 25.4. The van der Waals surface area contributed by atoms with Crippen LogP contribution in [0.3, 0.4) is 0 Å². The van der Waals surface area contributed by atoms with Gasteiger partial charge in [0.05, 0.1) is 103 Å². The maximum absolute atomic E-state index is 11.7. The number of aryl methyl sites for hydroxylation is 3. The number of hydrogen-bond acceptors (Lipinski definition) is 20. The van der Waals surface area contributed by atoms with Crippen molar-refractivity contribution in [3.8, 4) is 22.5 Å². The highest BCUT2D eigenvalue weighted by molar-refractivity contribution is 7.91. The predicted molar refractivity (Wildman–Crippen MR) is 444 cm³/mol. The van der Waals surface area contributed by atoms with Gasteiger partial charge in [0.2, 0.25) is 0 Å². The van der Waals surface area contributed by atoms with Gasteiger partial charge in [-0.15, -0.1) is 5.10 Å². The van der Waals surface area contributed by atoms with E-state index < -0.39 is 19.7 Å². The van der Waals surface area contributed by atoms with Gasteiger partial charge in [0.25, 0.3) is 5.91 Å². The van der Waals surface area contributed by atoms with Gasteiger partial charge < -0.3 is 10.7 Å². The van der Waals surface area contributed by atoms with Crippen molar-refractivity contribution in [1.82, 2.24) is 79.8 Å². The van der Waals surface area contributed by atoms with Crippen molar-refractivity contribution in [3.05, 3.63) is 221 Å². The molecule has 24 heteroatoms. The van der Waals surface area contributed by atoms with Crippen molar-refractivity contribution >= 4 is 64.4 Å². The quantitative estimate of drug-likeness (QED) is 0.165. The number of rotatable bonds is 4. The Labute approximate surface area is 651 Å².